The number of ether oxygens (including phenoxy) is 2. The summed E-state index contributed by atoms with van der Waals surface area (Å²) < 4.78 is 10.9. The van der Waals surface area contributed by atoms with Gasteiger partial charge in [0.15, 0.2) is 11.5 Å². The van der Waals surface area contributed by atoms with Gasteiger partial charge in [-0.25, -0.2) is 0 Å². The van der Waals surface area contributed by atoms with E-state index in [0.29, 0.717) is 17.9 Å². The first kappa shape index (κ1) is 19.2. The summed E-state index contributed by atoms with van der Waals surface area (Å²) in [5, 5.41) is 9.82. The molecular formula is C22H27NO4. The number of rotatable bonds is 6. The molecule has 1 heterocycles. The molecule has 3 rings (SSSR count). The van der Waals surface area contributed by atoms with Crippen LogP contribution < -0.4 is 9.47 Å². The van der Waals surface area contributed by atoms with Crippen LogP contribution in [-0.2, 0) is 4.79 Å². The number of methoxy groups -OCH3 is 2. The maximum absolute atomic E-state index is 12.0. The van der Waals surface area contributed by atoms with Crippen molar-refractivity contribution in [3.05, 3.63) is 59.2 Å². The van der Waals surface area contributed by atoms with E-state index in [9.17, 15) is 9.90 Å². The number of carboxylic acids is 1. The summed E-state index contributed by atoms with van der Waals surface area (Å²) in [4.78, 5) is 14.1. The Kier molecular flexibility index (Phi) is 6.01. The highest BCUT2D eigenvalue weighted by molar-refractivity contribution is 5.73. The summed E-state index contributed by atoms with van der Waals surface area (Å²) in [6.45, 7) is 2.83. The molecule has 0 spiro atoms. The van der Waals surface area contributed by atoms with Crippen molar-refractivity contribution in [3.63, 3.8) is 0 Å². The van der Waals surface area contributed by atoms with Crippen molar-refractivity contribution in [3.8, 4) is 11.5 Å². The minimum absolute atomic E-state index is 0.146. The zero-order valence-corrected chi connectivity index (χ0v) is 16.1. The van der Waals surface area contributed by atoms with Crippen molar-refractivity contribution in [2.45, 2.75) is 38.3 Å². The lowest BCUT2D eigenvalue weighted by Crippen LogP contribution is -2.47. The minimum atomic E-state index is -0.756. The number of nitrogens with zero attached hydrogens (tertiary/aromatic N) is 1. The van der Waals surface area contributed by atoms with Crippen LogP contribution in [0.1, 0.15) is 42.0 Å². The number of aryl methyl sites for hydroxylation is 1. The minimum Gasteiger partial charge on any atom is -0.493 e. The topological polar surface area (TPSA) is 59.0 Å². The van der Waals surface area contributed by atoms with Crippen LogP contribution in [0.15, 0.2) is 42.5 Å². The molecule has 5 nitrogen and oxygen atoms in total. The van der Waals surface area contributed by atoms with Gasteiger partial charge in [0.25, 0.3) is 0 Å². The van der Waals surface area contributed by atoms with Gasteiger partial charge in [-0.1, -0.05) is 36.8 Å². The molecule has 1 aliphatic heterocycles. The summed E-state index contributed by atoms with van der Waals surface area (Å²) in [5.74, 6) is 0.560. The fourth-order valence-corrected chi connectivity index (χ4v) is 3.99. The maximum atomic E-state index is 12.0. The van der Waals surface area contributed by atoms with Gasteiger partial charge < -0.3 is 14.6 Å². The van der Waals surface area contributed by atoms with E-state index in [-0.39, 0.29) is 6.04 Å². The van der Waals surface area contributed by atoms with Gasteiger partial charge in [0.2, 0.25) is 0 Å². The molecule has 5 heteroatoms. The molecule has 0 saturated carbocycles. The molecule has 2 aromatic carbocycles. The lowest BCUT2D eigenvalue weighted by Gasteiger charge is -2.40. The normalized spacial score (nSPS) is 18.7. The second kappa shape index (κ2) is 8.44. The molecule has 2 atom stereocenters. The zero-order valence-electron chi connectivity index (χ0n) is 16.1. The highest BCUT2D eigenvalue weighted by Gasteiger charge is 2.35. The maximum Gasteiger partial charge on any atom is 0.320 e. The number of carbonyl (C=O) groups is 1. The van der Waals surface area contributed by atoms with E-state index in [0.717, 1.165) is 36.1 Å². The van der Waals surface area contributed by atoms with Crippen molar-refractivity contribution in [1.82, 2.24) is 4.90 Å². The summed E-state index contributed by atoms with van der Waals surface area (Å²) in [6, 6.07) is 13.4. The molecule has 1 N–H and O–H groups in total. The lowest BCUT2D eigenvalue weighted by atomic mass is 9.89. The quantitative estimate of drug-likeness (QED) is 0.833. The second-order valence-electron chi connectivity index (χ2n) is 6.96. The molecule has 0 aromatic heterocycles. The Morgan fingerprint density at radius 3 is 2.52 bits per heavy atom. The largest absolute Gasteiger partial charge is 0.493 e. The summed E-state index contributed by atoms with van der Waals surface area (Å²) in [6.07, 6.45) is 2.62. The molecule has 27 heavy (non-hydrogen) atoms. The van der Waals surface area contributed by atoms with Crippen molar-refractivity contribution >= 4 is 5.97 Å². The molecule has 144 valence electrons. The number of piperidine rings is 1. The van der Waals surface area contributed by atoms with Crippen molar-refractivity contribution < 1.29 is 19.4 Å². The molecule has 0 aliphatic carbocycles. The third-order valence-corrected chi connectivity index (χ3v) is 5.37. The Morgan fingerprint density at radius 1 is 1.11 bits per heavy atom. The lowest BCUT2D eigenvalue weighted by molar-refractivity contribution is -0.145. The fourth-order valence-electron chi connectivity index (χ4n) is 3.99. The van der Waals surface area contributed by atoms with Gasteiger partial charge in [-0.3, -0.25) is 9.69 Å². The van der Waals surface area contributed by atoms with Gasteiger partial charge in [0, 0.05) is 0 Å². The van der Waals surface area contributed by atoms with Crippen LogP contribution in [0.5, 0.6) is 11.5 Å². The van der Waals surface area contributed by atoms with Crippen LogP contribution in [-0.4, -0.2) is 42.8 Å². The number of benzene rings is 2. The van der Waals surface area contributed by atoms with Gasteiger partial charge in [0.1, 0.15) is 6.04 Å². The molecule has 1 saturated heterocycles. The van der Waals surface area contributed by atoms with E-state index >= 15 is 0 Å². The first-order chi connectivity index (χ1) is 13.1. The van der Waals surface area contributed by atoms with E-state index in [1.54, 1.807) is 14.2 Å². The van der Waals surface area contributed by atoms with Crippen LogP contribution in [0.2, 0.25) is 0 Å². The highest BCUT2D eigenvalue weighted by Crippen LogP contribution is 2.39. The van der Waals surface area contributed by atoms with Gasteiger partial charge in [0.05, 0.1) is 20.3 Å². The monoisotopic (exact) mass is 369 g/mol. The molecule has 0 amide bonds. The van der Waals surface area contributed by atoms with Gasteiger partial charge in [-0.05, 0) is 55.1 Å². The van der Waals surface area contributed by atoms with Crippen LogP contribution in [0.25, 0.3) is 0 Å². The Hall–Kier alpha value is -2.53. The van der Waals surface area contributed by atoms with E-state index in [1.165, 1.54) is 0 Å². The van der Waals surface area contributed by atoms with Crippen molar-refractivity contribution in [2.75, 3.05) is 20.8 Å². The Balaban J connectivity index is 2.13. The zero-order chi connectivity index (χ0) is 19.4. The van der Waals surface area contributed by atoms with Crippen molar-refractivity contribution in [1.29, 1.82) is 0 Å². The third kappa shape index (κ3) is 3.93. The number of likely N-dealkylation sites (tertiary alicyclic amines) is 1. The second-order valence-corrected chi connectivity index (χ2v) is 6.96. The smallest absolute Gasteiger partial charge is 0.320 e. The summed E-state index contributed by atoms with van der Waals surface area (Å²) in [5.41, 5.74) is 3.28. The van der Waals surface area contributed by atoms with E-state index in [4.69, 9.17) is 9.47 Å². The Labute approximate surface area is 160 Å². The first-order valence-corrected chi connectivity index (χ1v) is 9.32. The number of hydrogen-bond acceptors (Lipinski definition) is 4. The first-order valence-electron chi connectivity index (χ1n) is 9.32. The molecule has 1 fully saturated rings. The molecular weight excluding hydrogens is 342 g/mol. The van der Waals surface area contributed by atoms with Gasteiger partial charge in [-0.2, -0.15) is 0 Å². The highest BCUT2D eigenvalue weighted by atomic mass is 16.5. The number of carboxylic acid groups (broad SMARTS) is 1. The van der Waals surface area contributed by atoms with Gasteiger partial charge in [-0.15, -0.1) is 0 Å². The van der Waals surface area contributed by atoms with Crippen molar-refractivity contribution in [2.24, 2.45) is 0 Å². The fraction of sp³-hybridized carbons (Fsp3) is 0.409. The Morgan fingerprint density at radius 2 is 1.85 bits per heavy atom. The molecule has 2 aromatic rings. The summed E-state index contributed by atoms with van der Waals surface area (Å²) >= 11 is 0. The van der Waals surface area contributed by atoms with E-state index < -0.39 is 12.0 Å². The molecule has 0 bridgehead atoms. The number of hydrogen-bond donors (Lipinski definition) is 1. The molecule has 0 radical (unpaired) electrons. The van der Waals surface area contributed by atoms with Crippen LogP contribution in [0.4, 0.5) is 0 Å². The predicted octanol–water partition coefficient (Wildman–Crippen LogP) is 4.04. The van der Waals surface area contributed by atoms with Crippen LogP contribution in [0.3, 0.4) is 0 Å². The molecule has 1 aliphatic rings. The third-order valence-electron chi connectivity index (χ3n) is 5.37. The van der Waals surface area contributed by atoms with Crippen LogP contribution >= 0.6 is 0 Å². The van der Waals surface area contributed by atoms with Gasteiger partial charge >= 0.3 is 5.97 Å². The molecule has 2 unspecified atom stereocenters. The van der Waals surface area contributed by atoms with E-state index in [2.05, 4.69) is 24.0 Å². The average molecular weight is 369 g/mol. The average Bonchev–Trinajstić information content (AvgIpc) is 2.69. The Bertz CT molecular complexity index is 805. The number of aliphatic carboxylic acids is 1. The predicted molar refractivity (Wildman–Crippen MR) is 105 cm³/mol. The van der Waals surface area contributed by atoms with Crippen LogP contribution in [0, 0.1) is 6.92 Å². The standard InChI is InChI=1S/C22H27NO4/c1-15-8-4-5-9-17(15)21(23-13-7-6-10-18(23)22(24)25)16-11-12-19(26-2)20(14-16)27-3/h4-5,8-9,11-12,14,18,21H,6-7,10,13H2,1-3H3,(H,24,25). The van der Waals surface area contributed by atoms with E-state index in [1.807, 2.05) is 30.3 Å². The SMILES string of the molecule is COc1ccc(C(c2ccccc2C)N2CCCCC2C(=O)O)cc1OC. The summed E-state index contributed by atoms with van der Waals surface area (Å²) in [7, 11) is 3.23.